The van der Waals surface area contributed by atoms with Gasteiger partial charge in [-0.1, -0.05) is 18.2 Å². The van der Waals surface area contributed by atoms with Gasteiger partial charge in [0.05, 0.1) is 5.51 Å². The summed E-state index contributed by atoms with van der Waals surface area (Å²) in [6.45, 7) is 0. The van der Waals surface area contributed by atoms with Crippen molar-refractivity contribution in [1.29, 1.82) is 5.41 Å². The van der Waals surface area contributed by atoms with Crippen LogP contribution in [0.15, 0.2) is 53.4 Å². The third-order valence-electron chi connectivity index (χ3n) is 3.98. The normalized spacial score (nSPS) is 10.8. The predicted molar refractivity (Wildman–Crippen MR) is 110 cm³/mol. The van der Waals surface area contributed by atoms with Crippen LogP contribution >= 0.6 is 22.7 Å². The molecule has 5 nitrogen and oxygen atoms in total. The lowest BCUT2D eigenvalue weighted by Crippen LogP contribution is -2.13. The largest absolute Gasteiger partial charge is 0.398 e. The Morgan fingerprint density at radius 3 is 2.81 bits per heavy atom. The summed E-state index contributed by atoms with van der Waals surface area (Å²) in [5.74, 6) is -0.283. The number of benzene rings is 2. The smallest absolute Gasteiger partial charge is 0.275 e. The zero-order chi connectivity index (χ0) is 18.1. The zero-order valence-corrected chi connectivity index (χ0v) is 15.2. The van der Waals surface area contributed by atoms with E-state index in [1.54, 1.807) is 28.3 Å². The summed E-state index contributed by atoms with van der Waals surface area (Å²) in [7, 11) is 0. The quantitative estimate of drug-likeness (QED) is 0.350. The molecule has 2 heterocycles. The maximum Gasteiger partial charge on any atom is 0.275 e. The number of anilines is 2. The number of nitrogen functional groups attached to an aromatic ring is 1. The number of rotatable bonds is 4. The third-order valence-corrected chi connectivity index (χ3v) is 5.72. The van der Waals surface area contributed by atoms with Crippen molar-refractivity contribution in [1.82, 2.24) is 4.98 Å². The summed E-state index contributed by atoms with van der Waals surface area (Å²) >= 11 is 3.00. The first-order valence-electron chi connectivity index (χ1n) is 7.78. The summed E-state index contributed by atoms with van der Waals surface area (Å²) in [6, 6.07) is 13.7. The Hall–Kier alpha value is -3.03. The van der Waals surface area contributed by atoms with Gasteiger partial charge >= 0.3 is 0 Å². The molecule has 0 spiro atoms. The molecule has 4 aromatic rings. The summed E-state index contributed by atoms with van der Waals surface area (Å²) < 4.78 is 1.16. The van der Waals surface area contributed by atoms with Gasteiger partial charge < -0.3 is 16.5 Å². The van der Waals surface area contributed by atoms with Gasteiger partial charge in [0, 0.05) is 43.7 Å². The number of thiophene rings is 1. The summed E-state index contributed by atoms with van der Waals surface area (Å²) in [5, 5.41) is 13.3. The van der Waals surface area contributed by atoms with Gasteiger partial charge in [0.15, 0.2) is 0 Å². The lowest BCUT2D eigenvalue weighted by molar-refractivity contribution is 0.102. The summed E-state index contributed by atoms with van der Waals surface area (Å²) in [6.07, 6.45) is 1.20. The molecule has 128 valence electrons. The highest BCUT2D eigenvalue weighted by molar-refractivity contribution is 7.22. The number of nitrogens with two attached hydrogens (primary N) is 1. The molecular formula is C19H14N4OS2. The Morgan fingerprint density at radius 2 is 2.08 bits per heavy atom. The molecule has 4 N–H and O–H groups in total. The van der Waals surface area contributed by atoms with Crippen molar-refractivity contribution in [2.75, 3.05) is 11.1 Å². The minimum atomic E-state index is -0.283. The second-order valence-corrected chi connectivity index (χ2v) is 7.45. The summed E-state index contributed by atoms with van der Waals surface area (Å²) in [5.41, 5.74) is 10.7. The molecule has 0 unspecified atom stereocenters. The van der Waals surface area contributed by atoms with E-state index in [4.69, 9.17) is 11.1 Å². The van der Waals surface area contributed by atoms with Gasteiger partial charge in [-0.15, -0.1) is 22.7 Å². The number of nitrogens with one attached hydrogen (secondary N) is 2. The number of carbonyl (C=O) groups is 1. The Kier molecular flexibility index (Phi) is 4.24. The molecule has 0 saturated heterocycles. The first-order valence-corrected chi connectivity index (χ1v) is 9.54. The van der Waals surface area contributed by atoms with Crippen LogP contribution in [0.3, 0.4) is 0 Å². The maximum atomic E-state index is 12.3. The van der Waals surface area contributed by atoms with Crippen molar-refractivity contribution >= 4 is 56.3 Å². The van der Waals surface area contributed by atoms with Crippen molar-refractivity contribution in [2.45, 2.75) is 0 Å². The molecule has 26 heavy (non-hydrogen) atoms. The third kappa shape index (κ3) is 2.98. The van der Waals surface area contributed by atoms with Crippen LogP contribution in [0.25, 0.3) is 20.5 Å². The fourth-order valence-corrected chi connectivity index (χ4v) is 4.33. The molecule has 4 rings (SSSR count). The highest BCUT2D eigenvalue weighted by Crippen LogP contribution is 2.38. The highest BCUT2D eigenvalue weighted by Gasteiger charge is 2.14. The second kappa shape index (κ2) is 6.70. The van der Waals surface area contributed by atoms with Crippen LogP contribution in [0.1, 0.15) is 16.1 Å². The number of hydrogen-bond acceptors (Lipinski definition) is 6. The van der Waals surface area contributed by atoms with Crippen LogP contribution < -0.4 is 11.1 Å². The van der Waals surface area contributed by atoms with Gasteiger partial charge in [0.25, 0.3) is 5.91 Å². The summed E-state index contributed by atoms with van der Waals surface area (Å²) in [4.78, 5) is 17.3. The molecule has 0 saturated carbocycles. The molecule has 2 aromatic carbocycles. The van der Waals surface area contributed by atoms with E-state index < -0.39 is 0 Å². The average Bonchev–Trinajstić information content (AvgIpc) is 3.32. The highest BCUT2D eigenvalue weighted by atomic mass is 32.1. The van der Waals surface area contributed by atoms with E-state index in [1.807, 2.05) is 18.2 Å². The Bertz CT molecular complexity index is 1080. The Balaban J connectivity index is 1.78. The van der Waals surface area contributed by atoms with Gasteiger partial charge in [-0.2, -0.15) is 0 Å². The van der Waals surface area contributed by atoms with Crippen molar-refractivity contribution in [3.63, 3.8) is 0 Å². The molecule has 0 radical (unpaired) electrons. The molecule has 0 bridgehead atoms. The Labute approximate surface area is 157 Å². The molecular weight excluding hydrogens is 364 g/mol. The number of amides is 1. The van der Waals surface area contributed by atoms with Crippen molar-refractivity contribution in [3.05, 3.63) is 64.6 Å². The van der Waals surface area contributed by atoms with E-state index in [2.05, 4.69) is 28.5 Å². The number of hydrogen-bond donors (Lipinski definition) is 3. The SMILES string of the molecule is N=Cc1cc(NC(=O)c2cscn2)cc(-c2cc3ccccc3s2)c1N. The zero-order valence-electron chi connectivity index (χ0n) is 13.5. The molecule has 7 heteroatoms. The molecule has 0 aliphatic carbocycles. The van der Waals surface area contributed by atoms with Crippen LogP contribution in [0.5, 0.6) is 0 Å². The fraction of sp³-hybridized carbons (Fsp3) is 0. The first kappa shape index (κ1) is 16.4. The Morgan fingerprint density at radius 1 is 1.23 bits per heavy atom. The van der Waals surface area contributed by atoms with E-state index in [-0.39, 0.29) is 5.91 Å². The monoisotopic (exact) mass is 378 g/mol. The number of thiazole rings is 1. The topological polar surface area (TPSA) is 91.9 Å². The predicted octanol–water partition coefficient (Wildman–Crippen LogP) is 4.86. The lowest BCUT2D eigenvalue weighted by atomic mass is 10.0. The van der Waals surface area contributed by atoms with Crippen molar-refractivity contribution in [3.8, 4) is 10.4 Å². The molecule has 1 amide bonds. The van der Waals surface area contributed by atoms with Crippen LogP contribution in [0.2, 0.25) is 0 Å². The van der Waals surface area contributed by atoms with E-state index in [9.17, 15) is 4.79 Å². The van der Waals surface area contributed by atoms with Crippen LogP contribution in [0, 0.1) is 5.41 Å². The van der Waals surface area contributed by atoms with Gasteiger partial charge in [-0.25, -0.2) is 4.98 Å². The molecule has 0 aliphatic rings. The lowest BCUT2D eigenvalue weighted by Gasteiger charge is -2.11. The minimum Gasteiger partial charge on any atom is -0.398 e. The minimum absolute atomic E-state index is 0.283. The van der Waals surface area contributed by atoms with E-state index in [1.165, 1.54) is 17.6 Å². The van der Waals surface area contributed by atoms with E-state index in [0.29, 0.717) is 22.6 Å². The standard InChI is InChI=1S/C19H14N4OS2/c20-8-12-5-13(23-19(24)15-9-25-10-22-15)7-14(18(12)21)17-6-11-3-1-2-4-16(11)26-17/h1-10,20H,21H2,(H,23,24). The molecule has 0 fully saturated rings. The second-order valence-electron chi connectivity index (χ2n) is 5.65. The molecule has 2 aromatic heterocycles. The number of aromatic nitrogens is 1. The number of nitrogens with zero attached hydrogens (tertiary/aromatic N) is 1. The maximum absolute atomic E-state index is 12.3. The van der Waals surface area contributed by atoms with Crippen molar-refractivity contribution in [2.24, 2.45) is 0 Å². The van der Waals surface area contributed by atoms with Crippen LogP contribution in [0.4, 0.5) is 11.4 Å². The number of carbonyl (C=O) groups excluding carboxylic acids is 1. The first-order chi connectivity index (χ1) is 12.7. The van der Waals surface area contributed by atoms with E-state index >= 15 is 0 Å². The molecule has 0 aliphatic heterocycles. The van der Waals surface area contributed by atoms with Gasteiger partial charge in [-0.3, -0.25) is 4.79 Å². The molecule has 0 atom stereocenters. The van der Waals surface area contributed by atoms with E-state index in [0.717, 1.165) is 20.5 Å². The van der Waals surface area contributed by atoms with Crippen molar-refractivity contribution < 1.29 is 4.79 Å². The van der Waals surface area contributed by atoms with Crippen LogP contribution in [-0.4, -0.2) is 17.1 Å². The van der Waals surface area contributed by atoms with Gasteiger partial charge in [0.2, 0.25) is 0 Å². The fourth-order valence-electron chi connectivity index (χ4n) is 2.71. The number of fused-ring (bicyclic) bond motifs is 1. The van der Waals surface area contributed by atoms with Crippen LogP contribution in [-0.2, 0) is 0 Å². The van der Waals surface area contributed by atoms with Gasteiger partial charge in [-0.05, 0) is 29.7 Å². The average molecular weight is 378 g/mol. The van der Waals surface area contributed by atoms with Gasteiger partial charge in [0.1, 0.15) is 5.69 Å².